The van der Waals surface area contributed by atoms with Crippen molar-refractivity contribution >= 4 is 11.6 Å². The Hall–Kier alpha value is -2.73. The maximum absolute atomic E-state index is 10.9. The summed E-state index contributed by atoms with van der Waals surface area (Å²) in [7, 11) is 1.65. The monoisotopic (exact) mass is 355 g/mol. The Bertz CT molecular complexity index is 710. The van der Waals surface area contributed by atoms with Crippen LogP contribution in [0.4, 0.5) is 5.69 Å². The van der Waals surface area contributed by atoms with Gasteiger partial charge in [0, 0.05) is 12.8 Å². The topological polar surface area (TPSA) is 74.0 Å². The van der Waals surface area contributed by atoms with E-state index < -0.39 is 5.91 Å². The van der Waals surface area contributed by atoms with Gasteiger partial charge in [-0.25, -0.2) is 0 Å². The van der Waals surface area contributed by atoms with E-state index >= 15 is 0 Å². The molecule has 1 aliphatic rings. The van der Waals surface area contributed by atoms with Crippen LogP contribution in [0.25, 0.3) is 0 Å². The molecule has 137 valence electrons. The fourth-order valence-corrected chi connectivity index (χ4v) is 2.72. The van der Waals surface area contributed by atoms with Crippen molar-refractivity contribution in [3.63, 3.8) is 0 Å². The van der Waals surface area contributed by atoms with Crippen molar-refractivity contribution in [1.29, 1.82) is 0 Å². The van der Waals surface area contributed by atoms with Crippen LogP contribution in [0, 0.1) is 6.42 Å². The first kappa shape index (κ1) is 18.1. The molecular formula is C20H23N2O4. The molecule has 3 rings (SSSR count). The van der Waals surface area contributed by atoms with Gasteiger partial charge in [0.15, 0.2) is 0 Å². The predicted octanol–water partition coefficient (Wildman–Crippen LogP) is 2.02. The van der Waals surface area contributed by atoms with Crippen molar-refractivity contribution in [3.8, 4) is 11.5 Å². The van der Waals surface area contributed by atoms with Gasteiger partial charge in [0.25, 0.3) is 0 Å². The molecule has 1 heterocycles. The van der Waals surface area contributed by atoms with E-state index in [0.29, 0.717) is 13.2 Å². The van der Waals surface area contributed by atoms with Gasteiger partial charge in [0.2, 0.25) is 5.91 Å². The van der Waals surface area contributed by atoms with Crippen molar-refractivity contribution < 1.29 is 19.0 Å². The Morgan fingerprint density at radius 3 is 2.35 bits per heavy atom. The molecule has 0 unspecified atom stereocenters. The standard InChI is InChI=1S/C20H23N2O4/c1-24-10-11-25-17-6-8-18(9-7-17)26-19-13-22(14-19)16-4-2-15(3-5-16)12-20(21)23/h2-9,12,19H,10-11,13-14H2,1H3,(H2,21,23). The number of amides is 1. The van der Waals surface area contributed by atoms with E-state index in [2.05, 4.69) is 4.90 Å². The Kier molecular flexibility index (Phi) is 5.96. The highest BCUT2D eigenvalue weighted by Gasteiger charge is 2.28. The lowest BCUT2D eigenvalue weighted by atomic mass is 10.1. The molecule has 0 aromatic heterocycles. The summed E-state index contributed by atoms with van der Waals surface area (Å²) in [4.78, 5) is 13.1. The van der Waals surface area contributed by atoms with Crippen molar-refractivity contribution in [2.45, 2.75) is 6.10 Å². The molecule has 1 radical (unpaired) electrons. The lowest BCUT2D eigenvalue weighted by molar-refractivity contribution is -0.114. The average Bonchev–Trinajstić information content (AvgIpc) is 2.60. The molecular weight excluding hydrogens is 332 g/mol. The van der Waals surface area contributed by atoms with Crippen LogP contribution in [0.5, 0.6) is 11.5 Å². The van der Waals surface area contributed by atoms with Crippen LogP contribution in [-0.2, 0) is 9.53 Å². The first-order chi connectivity index (χ1) is 12.6. The fourth-order valence-electron chi connectivity index (χ4n) is 2.72. The van der Waals surface area contributed by atoms with Crippen molar-refractivity contribution in [3.05, 3.63) is 60.5 Å². The third-order valence-corrected chi connectivity index (χ3v) is 4.10. The minimum Gasteiger partial charge on any atom is -0.491 e. The van der Waals surface area contributed by atoms with Gasteiger partial charge in [-0.05, 0) is 42.0 Å². The Balaban J connectivity index is 1.44. The number of hydrogen-bond donors (Lipinski definition) is 1. The number of benzene rings is 2. The number of nitrogens with zero attached hydrogens (tertiary/aromatic N) is 1. The van der Waals surface area contributed by atoms with Crippen LogP contribution in [0.1, 0.15) is 5.56 Å². The largest absolute Gasteiger partial charge is 0.491 e. The first-order valence-electron chi connectivity index (χ1n) is 8.51. The van der Waals surface area contributed by atoms with Crippen molar-refractivity contribution in [2.75, 3.05) is 38.3 Å². The maximum atomic E-state index is 10.9. The second kappa shape index (κ2) is 8.58. The lowest BCUT2D eigenvalue weighted by Gasteiger charge is -2.40. The molecule has 6 heteroatoms. The number of ether oxygens (including phenoxy) is 3. The van der Waals surface area contributed by atoms with Gasteiger partial charge < -0.3 is 24.8 Å². The van der Waals surface area contributed by atoms with Crippen LogP contribution in [0.2, 0.25) is 0 Å². The summed E-state index contributed by atoms with van der Waals surface area (Å²) in [5, 5.41) is 0. The Labute approximate surface area is 153 Å². The van der Waals surface area contributed by atoms with Crippen LogP contribution in [-0.4, -0.2) is 45.4 Å². The second-order valence-electron chi connectivity index (χ2n) is 6.10. The third kappa shape index (κ3) is 4.89. The van der Waals surface area contributed by atoms with Crippen LogP contribution in [0.15, 0.2) is 48.5 Å². The Morgan fingerprint density at radius 2 is 1.73 bits per heavy atom. The van der Waals surface area contributed by atoms with Gasteiger partial charge in [0.05, 0.1) is 26.1 Å². The molecule has 0 saturated carbocycles. The summed E-state index contributed by atoms with van der Waals surface area (Å²) >= 11 is 0. The van der Waals surface area contributed by atoms with E-state index in [-0.39, 0.29) is 6.10 Å². The molecule has 2 aromatic carbocycles. The Morgan fingerprint density at radius 1 is 1.08 bits per heavy atom. The number of primary amides is 1. The zero-order valence-corrected chi connectivity index (χ0v) is 14.8. The summed E-state index contributed by atoms with van der Waals surface area (Å²) in [5.74, 6) is 1.20. The SMILES string of the molecule is COCCOc1ccc(OC2CN(c3ccc([CH]C(N)=O)cc3)C2)cc1. The molecule has 1 aliphatic heterocycles. The van der Waals surface area contributed by atoms with Gasteiger partial charge >= 0.3 is 0 Å². The van der Waals surface area contributed by atoms with Crippen LogP contribution in [0.3, 0.4) is 0 Å². The van der Waals surface area contributed by atoms with E-state index in [0.717, 1.165) is 35.8 Å². The van der Waals surface area contributed by atoms with Gasteiger partial charge in [-0.3, -0.25) is 4.79 Å². The molecule has 1 saturated heterocycles. The molecule has 6 nitrogen and oxygen atoms in total. The van der Waals surface area contributed by atoms with E-state index in [1.54, 1.807) is 7.11 Å². The highest BCUT2D eigenvalue weighted by Crippen LogP contribution is 2.26. The normalized spacial score (nSPS) is 14.0. The number of nitrogens with two attached hydrogens (primary N) is 1. The minimum atomic E-state index is -0.440. The number of carbonyl (C=O) groups excluding carboxylic acids is 1. The van der Waals surface area contributed by atoms with Gasteiger partial charge in [-0.2, -0.15) is 0 Å². The zero-order chi connectivity index (χ0) is 18.4. The fraction of sp³-hybridized carbons (Fsp3) is 0.300. The summed E-state index contributed by atoms with van der Waals surface area (Å²) < 4.78 is 16.5. The predicted molar refractivity (Wildman–Crippen MR) is 99.5 cm³/mol. The number of methoxy groups -OCH3 is 1. The van der Waals surface area contributed by atoms with E-state index in [4.69, 9.17) is 19.9 Å². The first-order valence-corrected chi connectivity index (χ1v) is 8.51. The van der Waals surface area contributed by atoms with Crippen molar-refractivity contribution in [2.24, 2.45) is 5.73 Å². The van der Waals surface area contributed by atoms with Crippen LogP contribution < -0.4 is 20.1 Å². The molecule has 1 amide bonds. The smallest absolute Gasteiger partial charge is 0.226 e. The van der Waals surface area contributed by atoms with Gasteiger partial charge in [-0.1, -0.05) is 12.1 Å². The highest BCUT2D eigenvalue weighted by atomic mass is 16.5. The van der Waals surface area contributed by atoms with E-state index in [1.807, 2.05) is 48.5 Å². The summed E-state index contributed by atoms with van der Waals surface area (Å²) in [5.41, 5.74) is 7.07. The van der Waals surface area contributed by atoms with E-state index in [1.165, 1.54) is 6.42 Å². The second-order valence-corrected chi connectivity index (χ2v) is 6.10. The highest BCUT2D eigenvalue weighted by molar-refractivity contribution is 5.86. The molecule has 0 aliphatic carbocycles. The quantitative estimate of drug-likeness (QED) is 0.697. The number of rotatable bonds is 9. The number of carbonyl (C=O) groups is 1. The molecule has 1 fully saturated rings. The molecule has 2 N–H and O–H groups in total. The maximum Gasteiger partial charge on any atom is 0.226 e. The van der Waals surface area contributed by atoms with Crippen molar-refractivity contribution in [1.82, 2.24) is 0 Å². The zero-order valence-electron chi connectivity index (χ0n) is 14.8. The molecule has 26 heavy (non-hydrogen) atoms. The minimum absolute atomic E-state index is 0.159. The van der Waals surface area contributed by atoms with Crippen LogP contribution >= 0.6 is 0 Å². The molecule has 0 bridgehead atoms. The molecule has 0 spiro atoms. The summed E-state index contributed by atoms with van der Waals surface area (Å²) in [6, 6.07) is 15.4. The third-order valence-electron chi connectivity index (χ3n) is 4.10. The molecule has 0 atom stereocenters. The van der Waals surface area contributed by atoms with E-state index in [9.17, 15) is 4.79 Å². The number of anilines is 1. The number of hydrogen-bond acceptors (Lipinski definition) is 5. The average molecular weight is 355 g/mol. The molecule has 2 aromatic rings. The lowest BCUT2D eigenvalue weighted by Crippen LogP contribution is -2.54. The summed E-state index contributed by atoms with van der Waals surface area (Å²) in [6.07, 6.45) is 1.57. The summed E-state index contributed by atoms with van der Waals surface area (Å²) in [6.45, 7) is 2.75. The van der Waals surface area contributed by atoms with Gasteiger partial charge in [-0.15, -0.1) is 0 Å². The van der Waals surface area contributed by atoms with Gasteiger partial charge in [0.1, 0.15) is 24.2 Å².